The highest BCUT2D eigenvalue weighted by Gasteiger charge is 2.37. The van der Waals surface area contributed by atoms with E-state index < -0.39 is 10.0 Å². The molecule has 0 amide bonds. The van der Waals surface area contributed by atoms with Crippen LogP contribution in [-0.4, -0.2) is 82.2 Å². The number of nitrogens with zero attached hydrogens (tertiary/aromatic N) is 3. The zero-order valence-corrected chi connectivity index (χ0v) is 15.7. The van der Waals surface area contributed by atoms with Gasteiger partial charge in [0.25, 0.3) is 0 Å². The zero-order chi connectivity index (χ0) is 17.9. The fourth-order valence-corrected chi connectivity index (χ4v) is 4.77. The van der Waals surface area contributed by atoms with Gasteiger partial charge in [0.2, 0.25) is 10.0 Å². The Bertz CT molecular complexity index is 592. The van der Waals surface area contributed by atoms with Gasteiger partial charge in [-0.1, -0.05) is 6.92 Å². The smallest absolute Gasteiger partial charge is 0.310 e. The lowest BCUT2D eigenvalue weighted by Gasteiger charge is -2.26. The molecule has 9 heteroatoms. The summed E-state index contributed by atoms with van der Waals surface area (Å²) in [7, 11) is -0.0756. The molecular weight excluding hydrogens is 332 g/mol. The normalized spacial score (nSPS) is 29.1. The number of hydrogen-bond acceptors (Lipinski definition) is 5. The maximum absolute atomic E-state index is 11.8. The van der Waals surface area contributed by atoms with Gasteiger partial charge in [0, 0.05) is 39.3 Å². The highest BCUT2D eigenvalue weighted by Crippen LogP contribution is 2.24. The molecule has 2 aliphatic rings. The standard InChI is InChI=1S/C15H28N4O4S/c1-11-9-18(10-13(11)14(20)23-3)15(16-2)17-8-12-6-5-7-19(12)24(4,21)22/h11-13H,5-10H2,1-4H3,(H,16,17)/t11?,12-,13?/m1/s1. The van der Waals surface area contributed by atoms with Gasteiger partial charge >= 0.3 is 5.97 Å². The number of nitrogens with one attached hydrogen (secondary N) is 1. The number of likely N-dealkylation sites (tertiary alicyclic amines) is 1. The number of hydrogen-bond donors (Lipinski definition) is 1. The maximum atomic E-state index is 11.8. The predicted octanol–water partition coefficient (Wildman–Crippen LogP) is -0.273. The van der Waals surface area contributed by atoms with Crippen LogP contribution in [0.15, 0.2) is 4.99 Å². The van der Waals surface area contributed by atoms with Crippen LogP contribution in [-0.2, 0) is 19.6 Å². The highest BCUT2D eigenvalue weighted by atomic mass is 32.2. The topological polar surface area (TPSA) is 91.3 Å². The molecule has 0 aromatic carbocycles. The van der Waals surface area contributed by atoms with Crippen molar-refractivity contribution in [2.45, 2.75) is 25.8 Å². The molecule has 0 radical (unpaired) electrons. The molecule has 2 unspecified atom stereocenters. The predicted molar refractivity (Wildman–Crippen MR) is 92.2 cm³/mol. The van der Waals surface area contributed by atoms with Crippen molar-refractivity contribution in [3.8, 4) is 0 Å². The van der Waals surface area contributed by atoms with E-state index in [1.165, 1.54) is 13.4 Å². The van der Waals surface area contributed by atoms with E-state index in [1.807, 2.05) is 11.8 Å². The molecule has 2 aliphatic heterocycles. The summed E-state index contributed by atoms with van der Waals surface area (Å²) in [6.07, 6.45) is 2.98. The second-order valence-corrected chi connectivity index (χ2v) is 8.54. The number of esters is 1. The van der Waals surface area contributed by atoms with Gasteiger partial charge in [-0.25, -0.2) is 8.42 Å². The Morgan fingerprint density at radius 3 is 2.67 bits per heavy atom. The number of sulfonamides is 1. The molecule has 2 heterocycles. The lowest BCUT2D eigenvalue weighted by molar-refractivity contribution is -0.145. The average molecular weight is 360 g/mol. The molecule has 0 aliphatic carbocycles. The van der Waals surface area contributed by atoms with Crippen LogP contribution < -0.4 is 5.32 Å². The third kappa shape index (κ3) is 4.18. The van der Waals surface area contributed by atoms with Crippen LogP contribution in [0.5, 0.6) is 0 Å². The van der Waals surface area contributed by atoms with E-state index >= 15 is 0 Å². The van der Waals surface area contributed by atoms with E-state index in [2.05, 4.69) is 10.3 Å². The first-order valence-corrected chi connectivity index (χ1v) is 10.1. The van der Waals surface area contributed by atoms with Crippen molar-refractivity contribution in [1.82, 2.24) is 14.5 Å². The SMILES string of the molecule is CN=C(NC[C@H]1CCCN1S(C)(=O)=O)N1CC(C)C(C(=O)OC)C1. The largest absolute Gasteiger partial charge is 0.469 e. The van der Waals surface area contributed by atoms with Crippen molar-refractivity contribution in [2.24, 2.45) is 16.8 Å². The molecule has 8 nitrogen and oxygen atoms in total. The maximum Gasteiger partial charge on any atom is 0.310 e. The van der Waals surface area contributed by atoms with E-state index in [1.54, 1.807) is 11.4 Å². The van der Waals surface area contributed by atoms with Crippen LogP contribution in [0.25, 0.3) is 0 Å². The Hall–Kier alpha value is -1.35. The molecule has 2 saturated heterocycles. The van der Waals surface area contributed by atoms with Crippen molar-refractivity contribution >= 4 is 22.0 Å². The summed E-state index contributed by atoms with van der Waals surface area (Å²) < 4.78 is 30.0. The molecule has 0 bridgehead atoms. The van der Waals surface area contributed by atoms with Crippen LogP contribution in [0.1, 0.15) is 19.8 Å². The molecule has 138 valence electrons. The van der Waals surface area contributed by atoms with Crippen molar-refractivity contribution in [1.29, 1.82) is 0 Å². The first-order valence-electron chi connectivity index (χ1n) is 8.28. The van der Waals surface area contributed by atoms with Crippen molar-refractivity contribution < 1.29 is 17.9 Å². The van der Waals surface area contributed by atoms with E-state index in [0.717, 1.165) is 19.4 Å². The minimum absolute atomic E-state index is 0.0480. The molecule has 2 fully saturated rings. The Labute approximate surface area is 144 Å². The van der Waals surface area contributed by atoms with Gasteiger partial charge in [-0.15, -0.1) is 0 Å². The second-order valence-electron chi connectivity index (χ2n) is 6.61. The number of methoxy groups -OCH3 is 1. The number of guanidine groups is 1. The minimum atomic E-state index is -3.18. The summed E-state index contributed by atoms with van der Waals surface area (Å²) in [5, 5.41) is 3.27. The van der Waals surface area contributed by atoms with E-state index in [-0.39, 0.29) is 23.8 Å². The Morgan fingerprint density at radius 2 is 2.08 bits per heavy atom. The van der Waals surface area contributed by atoms with Crippen LogP contribution in [0, 0.1) is 11.8 Å². The minimum Gasteiger partial charge on any atom is -0.469 e. The van der Waals surface area contributed by atoms with Crippen molar-refractivity contribution in [2.75, 3.05) is 46.6 Å². The van der Waals surface area contributed by atoms with Crippen LogP contribution in [0.3, 0.4) is 0 Å². The van der Waals surface area contributed by atoms with E-state index in [4.69, 9.17) is 4.74 Å². The molecule has 0 spiro atoms. The fraction of sp³-hybridized carbons (Fsp3) is 0.867. The summed E-state index contributed by atoms with van der Waals surface area (Å²) in [5.74, 6) is 0.538. The zero-order valence-electron chi connectivity index (χ0n) is 14.9. The molecule has 1 N–H and O–H groups in total. The quantitative estimate of drug-likeness (QED) is 0.421. The molecule has 3 atom stereocenters. The molecule has 0 aromatic rings. The van der Waals surface area contributed by atoms with Gasteiger partial charge in [0.15, 0.2) is 5.96 Å². The molecule has 0 aromatic heterocycles. The summed E-state index contributed by atoms with van der Waals surface area (Å²) in [6, 6.07) is -0.0480. The Balaban J connectivity index is 1.95. The molecule has 0 saturated carbocycles. The first-order chi connectivity index (χ1) is 11.3. The van der Waals surface area contributed by atoms with Crippen LogP contribution >= 0.6 is 0 Å². The van der Waals surface area contributed by atoms with E-state index in [0.29, 0.717) is 25.6 Å². The number of ether oxygens (including phenoxy) is 1. The summed E-state index contributed by atoms with van der Waals surface area (Å²) in [4.78, 5) is 18.1. The Morgan fingerprint density at radius 1 is 1.38 bits per heavy atom. The van der Waals surface area contributed by atoms with Gasteiger partial charge in [-0.2, -0.15) is 4.31 Å². The van der Waals surface area contributed by atoms with Crippen molar-refractivity contribution in [3.63, 3.8) is 0 Å². The number of carbonyl (C=O) groups is 1. The lowest BCUT2D eigenvalue weighted by Crippen LogP contribution is -2.47. The summed E-state index contributed by atoms with van der Waals surface area (Å²) >= 11 is 0. The van der Waals surface area contributed by atoms with Crippen LogP contribution in [0.2, 0.25) is 0 Å². The number of rotatable bonds is 4. The monoisotopic (exact) mass is 360 g/mol. The van der Waals surface area contributed by atoms with Gasteiger partial charge in [-0.05, 0) is 18.8 Å². The Kier molecular flexibility index (Phi) is 6.08. The van der Waals surface area contributed by atoms with Gasteiger partial charge in [-0.3, -0.25) is 9.79 Å². The van der Waals surface area contributed by atoms with Gasteiger partial charge < -0.3 is 15.0 Å². The lowest BCUT2D eigenvalue weighted by atomic mass is 9.99. The summed E-state index contributed by atoms with van der Waals surface area (Å²) in [6.45, 7) is 4.41. The van der Waals surface area contributed by atoms with Gasteiger partial charge in [0.05, 0.1) is 19.3 Å². The summed E-state index contributed by atoms with van der Waals surface area (Å²) in [5.41, 5.74) is 0. The number of carbonyl (C=O) groups excluding carboxylic acids is 1. The third-order valence-corrected chi connectivity index (χ3v) is 6.21. The van der Waals surface area contributed by atoms with E-state index in [9.17, 15) is 13.2 Å². The molecule has 24 heavy (non-hydrogen) atoms. The third-order valence-electron chi connectivity index (χ3n) is 4.87. The van der Waals surface area contributed by atoms with Gasteiger partial charge in [0.1, 0.15) is 0 Å². The molecular formula is C15H28N4O4S. The highest BCUT2D eigenvalue weighted by molar-refractivity contribution is 7.88. The average Bonchev–Trinajstić information content (AvgIpc) is 3.13. The molecule has 2 rings (SSSR count). The fourth-order valence-electron chi connectivity index (χ4n) is 3.59. The van der Waals surface area contributed by atoms with Crippen molar-refractivity contribution in [3.05, 3.63) is 0 Å². The first kappa shape index (κ1) is 19.0. The second kappa shape index (κ2) is 7.69. The number of aliphatic imine (C=N–C) groups is 1. The van der Waals surface area contributed by atoms with Crippen LogP contribution in [0.4, 0.5) is 0 Å².